The van der Waals surface area contributed by atoms with Gasteiger partial charge in [-0.3, -0.25) is 0 Å². The molecule has 192 valence electrons. The van der Waals surface area contributed by atoms with Gasteiger partial charge in [0.25, 0.3) is 0 Å². The maximum atomic E-state index is 2.40. The van der Waals surface area contributed by atoms with E-state index in [2.05, 4.69) is 169 Å². The van der Waals surface area contributed by atoms with Gasteiger partial charge in [-0.1, -0.05) is 133 Å². The van der Waals surface area contributed by atoms with E-state index in [0.29, 0.717) is 0 Å². The third-order valence-electron chi connectivity index (χ3n) is 8.17. The van der Waals surface area contributed by atoms with Crippen LogP contribution < -0.4 is 4.90 Å². The zero-order valence-corrected chi connectivity index (χ0v) is 22.5. The van der Waals surface area contributed by atoms with Crippen molar-refractivity contribution in [2.24, 2.45) is 0 Å². The molecule has 0 unspecified atom stereocenters. The Morgan fingerprint density at radius 1 is 0.317 bits per heavy atom. The molecular formula is C40H27N. The number of hydrogen-bond acceptors (Lipinski definition) is 1. The number of para-hydroxylation sites is 2. The molecular weight excluding hydrogens is 494 g/mol. The third-order valence-corrected chi connectivity index (χ3v) is 8.17. The van der Waals surface area contributed by atoms with E-state index in [9.17, 15) is 0 Å². The molecule has 0 saturated heterocycles. The van der Waals surface area contributed by atoms with Crippen molar-refractivity contribution in [3.63, 3.8) is 0 Å². The maximum absolute atomic E-state index is 2.40. The van der Waals surface area contributed by atoms with Gasteiger partial charge in [-0.15, -0.1) is 0 Å². The average molecular weight is 522 g/mol. The van der Waals surface area contributed by atoms with Crippen molar-refractivity contribution in [1.82, 2.24) is 0 Å². The van der Waals surface area contributed by atoms with Crippen molar-refractivity contribution < 1.29 is 0 Å². The highest BCUT2D eigenvalue weighted by Gasteiger charge is 2.33. The molecule has 1 aliphatic rings. The predicted octanol–water partition coefficient (Wildman–Crippen LogP) is 11.3. The Bertz CT molecular complexity index is 1970. The van der Waals surface area contributed by atoms with Crippen LogP contribution in [-0.4, -0.2) is 0 Å². The minimum absolute atomic E-state index is 1.13. The summed E-state index contributed by atoms with van der Waals surface area (Å²) in [5, 5.41) is 2.52. The average Bonchev–Trinajstić information content (AvgIpc) is 3.05. The Morgan fingerprint density at radius 3 is 1.29 bits per heavy atom. The first-order chi connectivity index (χ1) is 20.4. The monoisotopic (exact) mass is 521 g/mol. The summed E-state index contributed by atoms with van der Waals surface area (Å²) in [5.41, 5.74) is 13.8. The van der Waals surface area contributed by atoms with Crippen molar-refractivity contribution in [2.75, 3.05) is 4.90 Å². The van der Waals surface area contributed by atoms with Gasteiger partial charge in [0, 0.05) is 22.3 Å². The molecule has 1 aliphatic carbocycles. The van der Waals surface area contributed by atoms with E-state index in [4.69, 9.17) is 0 Å². The second-order valence-electron chi connectivity index (χ2n) is 10.5. The summed E-state index contributed by atoms with van der Waals surface area (Å²) >= 11 is 0. The van der Waals surface area contributed by atoms with E-state index >= 15 is 0 Å². The standard InChI is InChI=1S/C40H27N/c1-5-16-28(17-6-1)36-34-26-15-27-35(41(30-20-9-3-10-21-30)31-22-11-4-12-23-31)38(34)37(29-18-7-2-8-19-29)40-33-25-14-13-24-32(33)39(36)40/h1-27H. The lowest BCUT2D eigenvalue weighted by Gasteiger charge is -2.34. The molecule has 7 aromatic carbocycles. The first-order valence-corrected chi connectivity index (χ1v) is 14.1. The topological polar surface area (TPSA) is 3.24 Å². The maximum Gasteiger partial charge on any atom is 0.0546 e. The van der Waals surface area contributed by atoms with E-state index in [-0.39, 0.29) is 0 Å². The Kier molecular flexibility index (Phi) is 5.53. The number of fused-ring (bicyclic) bond motifs is 5. The second kappa shape index (κ2) is 9.66. The third kappa shape index (κ3) is 3.71. The fraction of sp³-hybridized carbons (Fsp3) is 0. The van der Waals surface area contributed by atoms with Gasteiger partial charge in [-0.05, 0) is 74.7 Å². The van der Waals surface area contributed by atoms with Crippen LogP contribution in [0.5, 0.6) is 0 Å². The van der Waals surface area contributed by atoms with Gasteiger partial charge in [-0.25, -0.2) is 0 Å². The largest absolute Gasteiger partial charge is 0.310 e. The van der Waals surface area contributed by atoms with Crippen LogP contribution in [0.4, 0.5) is 17.1 Å². The van der Waals surface area contributed by atoms with Gasteiger partial charge in [0.2, 0.25) is 0 Å². The van der Waals surface area contributed by atoms with Gasteiger partial charge in [0.05, 0.1) is 5.69 Å². The lowest BCUT2D eigenvalue weighted by Crippen LogP contribution is -2.12. The zero-order valence-electron chi connectivity index (χ0n) is 22.5. The molecule has 0 heterocycles. The summed E-state index contributed by atoms with van der Waals surface area (Å²) in [6, 6.07) is 58.9. The number of rotatable bonds is 5. The molecule has 8 rings (SSSR count). The molecule has 0 aromatic heterocycles. The van der Waals surface area contributed by atoms with E-state index in [1.165, 1.54) is 61.0 Å². The number of benzene rings is 7. The molecule has 0 spiro atoms. The fourth-order valence-electron chi connectivity index (χ4n) is 6.48. The quantitative estimate of drug-likeness (QED) is 0.218. The summed E-state index contributed by atoms with van der Waals surface area (Å²) in [5.74, 6) is 0. The van der Waals surface area contributed by atoms with Gasteiger partial charge in [0.1, 0.15) is 0 Å². The van der Waals surface area contributed by atoms with Crippen LogP contribution in [0.2, 0.25) is 0 Å². The molecule has 0 radical (unpaired) electrons. The lowest BCUT2D eigenvalue weighted by atomic mass is 9.70. The van der Waals surface area contributed by atoms with E-state index in [1.54, 1.807) is 0 Å². The molecule has 7 aromatic rings. The van der Waals surface area contributed by atoms with Crippen molar-refractivity contribution in [3.05, 3.63) is 164 Å². The molecule has 0 amide bonds. The molecule has 0 atom stereocenters. The summed E-state index contributed by atoms with van der Waals surface area (Å²) in [6.45, 7) is 0. The predicted molar refractivity (Wildman–Crippen MR) is 174 cm³/mol. The summed E-state index contributed by atoms with van der Waals surface area (Å²) < 4.78 is 0. The number of anilines is 3. The van der Waals surface area contributed by atoms with Crippen molar-refractivity contribution >= 4 is 27.8 Å². The minimum atomic E-state index is 1.13. The Labute approximate surface area is 240 Å². The first kappa shape index (κ1) is 23.5. The van der Waals surface area contributed by atoms with E-state index in [1.807, 2.05) is 0 Å². The van der Waals surface area contributed by atoms with Gasteiger partial charge in [0.15, 0.2) is 0 Å². The van der Waals surface area contributed by atoms with Gasteiger partial charge < -0.3 is 4.90 Å². The smallest absolute Gasteiger partial charge is 0.0546 e. The summed E-state index contributed by atoms with van der Waals surface area (Å²) in [6.07, 6.45) is 0. The van der Waals surface area contributed by atoms with Crippen molar-refractivity contribution in [3.8, 4) is 44.5 Å². The van der Waals surface area contributed by atoms with Gasteiger partial charge >= 0.3 is 0 Å². The van der Waals surface area contributed by atoms with Crippen LogP contribution in [0.25, 0.3) is 55.3 Å². The Morgan fingerprint density at radius 2 is 0.756 bits per heavy atom. The van der Waals surface area contributed by atoms with Crippen LogP contribution in [0.1, 0.15) is 0 Å². The molecule has 0 bridgehead atoms. The second-order valence-corrected chi connectivity index (χ2v) is 10.5. The van der Waals surface area contributed by atoms with Crippen molar-refractivity contribution in [1.29, 1.82) is 0 Å². The van der Waals surface area contributed by atoms with E-state index < -0.39 is 0 Å². The first-order valence-electron chi connectivity index (χ1n) is 14.1. The highest BCUT2D eigenvalue weighted by atomic mass is 15.1. The minimum Gasteiger partial charge on any atom is -0.310 e. The zero-order chi connectivity index (χ0) is 27.2. The molecule has 1 nitrogen and oxygen atoms in total. The molecule has 41 heavy (non-hydrogen) atoms. The number of hydrogen-bond donors (Lipinski definition) is 0. The van der Waals surface area contributed by atoms with Crippen LogP contribution in [0, 0.1) is 0 Å². The molecule has 0 saturated carbocycles. The Hall–Kier alpha value is -5.40. The van der Waals surface area contributed by atoms with Crippen LogP contribution in [0.15, 0.2) is 164 Å². The fourth-order valence-corrected chi connectivity index (χ4v) is 6.48. The van der Waals surface area contributed by atoms with E-state index in [0.717, 1.165) is 11.4 Å². The normalized spacial score (nSPS) is 11.4. The highest BCUT2D eigenvalue weighted by molar-refractivity contribution is 6.27. The SMILES string of the molecule is c1ccc(-c2c3c(c(-c4ccccc4)c4c(N(c5ccccc5)c5ccccc5)cccc24)-c2ccccc2-3)cc1. The Balaban J connectivity index is 1.57. The van der Waals surface area contributed by atoms with Crippen LogP contribution in [0.3, 0.4) is 0 Å². The van der Waals surface area contributed by atoms with Crippen molar-refractivity contribution in [2.45, 2.75) is 0 Å². The molecule has 0 fully saturated rings. The lowest BCUT2D eigenvalue weighted by molar-refractivity contribution is 1.30. The van der Waals surface area contributed by atoms with Crippen LogP contribution in [-0.2, 0) is 0 Å². The molecule has 1 heteroatoms. The summed E-state index contributed by atoms with van der Waals surface area (Å²) in [7, 11) is 0. The number of nitrogens with zero attached hydrogens (tertiary/aromatic N) is 1. The summed E-state index contributed by atoms with van der Waals surface area (Å²) in [4.78, 5) is 2.40. The highest BCUT2D eigenvalue weighted by Crippen LogP contribution is 2.60. The molecule has 0 aliphatic heterocycles. The molecule has 0 N–H and O–H groups in total. The van der Waals surface area contributed by atoms with Gasteiger partial charge in [-0.2, -0.15) is 0 Å². The van der Waals surface area contributed by atoms with Crippen LogP contribution >= 0.6 is 0 Å².